The third-order valence-electron chi connectivity index (χ3n) is 4.10. The number of fused-ring (bicyclic) bond motifs is 1. The molecule has 0 radical (unpaired) electrons. The molecule has 0 spiro atoms. The predicted octanol–water partition coefficient (Wildman–Crippen LogP) is 1.81. The van der Waals surface area contributed by atoms with Crippen LogP contribution in [0.1, 0.15) is 21.9 Å². The van der Waals surface area contributed by atoms with Gasteiger partial charge in [-0.3, -0.25) is 14.5 Å². The van der Waals surface area contributed by atoms with Gasteiger partial charge in [0.2, 0.25) is 0 Å². The number of carbonyl (C=O) groups excluding carboxylic acids is 2. The Morgan fingerprint density at radius 2 is 2.08 bits per heavy atom. The topological polar surface area (TPSA) is 75.0 Å². The molecular weight excluding hydrogens is 334 g/mol. The van der Waals surface area contributed by atoms with Crippen molar-refractivity contribution in [2.75, 3.05) is 38.7 Å². The molecule has 1 aliphatic rings. The van der Waals surface area contributed by atoms with Crippen LogP contribution in [0.15, 0.2) is 34.7 Å². The Morgan fingerprint density at radius 1 is 1.27 bits per heavy atom. The molecule has 2 amide bonds. The van der Waals surface area contributed by atoms with E-state index in [-0.39, 0.29) is 30.7 Å². The van der Waals surface area contributed by atoms with E-state index in [0.717, 1.165) is 17.8 Å². The SMILES string of the molecule is Cc1ccc2c(c1)N(Cc1ccc(C(=O)NCCN(C)C)o1)C(=O)CO2. The maximum Gasteiger partial charge on any atom is 0.287 e. The average Bonchev–Trinajstić information content (AvgIpc) is 3.06. The molecule has 0 bridgehead atoms. The first-order chi connectivity index (χ1) is 12.4. The highest BCUT2D eigenvalue weighted by molar-refractivity contribution is 5.97. The van der Waals surface area contributed by atoms with Crippen molar-refractivity contribution >= 4 is 17.5 Å². The van der Waals surface area contributed by atoms with Gasteiger partial charge in [0.05, 0.1) is 12.2 Å². The number of rotatable bonds is 6. The maximum atomic E-state index is 12.3. The number of hydrogen-bond donors (Lipinski definition) is 1. The van der Waals surface area contributed by atoms with Gasteiger partial charge in [-0.2, -0.15) is 0 Å². The Kier molecular flexibility index (Phi) is 5.27. The Bertz CT molecular complexity index is 813. The summed E-state index contributed by atoms with van der Waals surface area (Å²) >= 11 is 0. The summed E-state index contributed by atoms with van der Waals surface area (Å²) in [5.41, 5.74) is 1.75. The molecule has 1 aromatic carbocycles. The first-order valence-corrected chi connectivity index (χ1v) is 8.49. The van der Waals surface area contributed by atoms with Crippen molar-refractivity contribution in [2.45, 2.75) is 13.5 Å². The summed E-state index contributed by atoms with van der Waals surface area (Å²) in [7, 11) is 3.88. The van der Waals surface area contributed by atoms with Crippen LogP contribution in [0.3, 0.4) is 0 Å². The van der Waals surface area contributed by atoms with Gasteiger partial charge >= 0.3 is 0 Å². The molecule has 1 N–H and O–H groups in total. The van der Waals surface area contributed by atoms with Crippen molar-refractivity contribution in [1.82, 2.24) is 10.2 Å². The van der Waals surface area contributed by atoms with E-state index in [0.29, 0.717) is 18.1 Å². The van der Waals surface area contributed by atoms with E-state index in [1.54, 1.807) is 17.0 Å². The molecule has 0 fully saturated rings. The van der Waals surface area contributed by atoms with Crippen LogP contribution in [0.2, 0.25) is 0 Å². The van der Waals surface area contributed by atoms with E-state index in [1.807, 2.05) is 44.1 Å². The third kappa shape index (κ3) is 4.05. The number of anilines is 1. The molecule has 138 valence electrons. The van der Waals surface area contributed by atoms with E-state index in [4.69, 9.17) is 9.15 Å². The van der Waals surface area contributed by atoms with Gasteiger partial charge in [-0.25, -0.2) is 0 Å². The second-order valence-electron chi connectivity index (χ2n) is 6.56. The number of aryl methyl sites for hydroxylation is 1. The standard InChI is InChI=1S/C19H23N3O4/c1-13-4-6-16-15(10-13)22(18(23)12-25-16)11-14-5-7-17(26-14)19(24)20-8-9-21(2)3/h4-7,10H,8-9,11-12H2,1-3H3,(H,20,24). The summed E-state index contributed by atoms with van der Waals surface area (Å²) in [6.07, 6.45) is 0. The summed E-state index contributed by atoms with van der Waals surface area (Å²) in [6.45, 7) is 3.49. The summed E-state index contributed by atoms with van der Waals surface area (Å²) in [5.74, 6) is 1.05. The molecule has 0 saturated heterocycles. The Balaban J connectivity index is 1.70. The lowest BCUT2D eigenvalue weighted by Gasteiger charge is -2.29. The molecule has 7 nitrogen and oxygen atoms in total. The number of amides is 2. The molecule has 2 heterocycles. The van der Waals surface area contributed by atoms with Gasteiger partial charge in [0.25, 0.3) is 11.8 Å². The van der Waals surface area contributed by atoms with Crippen LogP contribution in [0.4, 0.5) is 5.69 Å². The molecular formula is C19H23N3O4. The summed E-state index contributed by atoms with van der Waals surface area (Å²) < 4.78 is 11.1. The molecule has 1 aromatic heterocycles. The number of carbonyl (C=O) groups is 2. The Morgan fingerprint density at radius 3 is 2.85 bits per heavy atom. The number of nitrogens with zero attached hydrogens (tertiary/aromatic N) is 2. The lowest BCUT2D eigenvalue weighted by molar-refractivity contribution is -0.121. The van der Waals surface area contributed by atoms with E-state index in [9.17, 15) is 9.59 Å². The number of likely N-dealkylation sites (N-methyl/N-ethyl adjacent to an activating group) is 1. The van der Waals surface area contributed by atoms with Crippen molar-refractivity contribution < 1.29 is 18.7 Å². The highest BCUT2D eigenvalue weighted by Crippen LogP contribution is 2.34. The quantitative estimate of drug-likeness (QED) is 0.853. The molecule has 2 aromatic rings. The number of benzene rings is 1. The van der Waals surface area contributed by atoms with Gasteiger partial charge in [-0.05, 0) is 50.8 Å². The molecule has 0 atom stereocenters. The predicted molar refractivity (Wildman–Crippen MR) is 97.5 cm³/mol. The molecule has 7 heteroatoms. The first-order valence-electron chi connectivity index (χ1n) is 8.49. The first kappa shape index (κ1) is 18.0. The van der Waals surface area contributed by atoms with Gasteiger partial charge in [0.1, 0.15) is 11.5 Å². The van der Waals surface area contributed by atoms with Crippen molar-refractivity contribution in [3.05, 3.63) is 47.4 Å². The van der Waals surface area contributed by atoms with Gasteiger partial charge in [-0.1, -0.05) is 6.07 Å². The van der Waals surface area contributed by atoms with Crippen LogP contribution in [-0.2, 0) is 11.3 Å². The minimum atomic E-state index is -0.261. The minimum absolute atomic E-state index is 0.00531. The summed E-state index contributed by atoms with van der Waals surface area (Å²) in [4.78, 5) is 28.0. The fraction of sp³-hybridized carbons (Fsp3) is 0.368. The zero-order valence-corrected chi connectivity index (χ0v) is 15.2. The fourth-order valence-electron chi connectivity index (χ4n) is 2.71. The van der Waals surface area contributed by atoms with Gasteiger partial charge in [-0.15, -0.1) is 0 Å². The molecule has 0 saturated carbocycles. The number of hydrogen-bond acceptors (Lipinski definition) is 5. The van der Waals surface area contributed by atoms with Crippen LogP contribution in [-0.4, -0.2) is 50.5 Å². The van der Waals surface area contributed by atoms with Crippen LogP contribution in [0.5, 0.6) is 5.75 Å². The number of ether oxygens (including phenoxy) is 1. The van der Waals surface area contributed by atoms with Crippen LogP contribution < -0.4 is 15.0 Å². The van der Waals surface area contributed by atoms with E-state index >= 15 is 0 Å². The monoisotopic (exact) mass is 357 g/mol. The number of nitrogens with one attached hydrogen (secondary N) is 1. The van der Waals surface area contributed by atoms with Gasteiger partial charge < -0.3 is 19.4 Å². The van der Waals surface area contributed by atoms with E-state index < -0.39 is 0 Å². The Labute approximate surface area is 152 Å². The van der Waals surface area contributed by atoms with Crippen molar-refractivity contribution in [2.24, 2.45) is 0 Å². The van der Waals surface area contributed by atoms with Crippen LogP contribution in [0, 0.1) is 6.92 Å². The van der Waals surface area contributed by atoms with Crippen molar-refractivity contribution in [3.63, 3.8) is 0 Å². The lowest BCUT2D eigenvalue weighted by atomic mass is 10.1. The van der Waals surface area contributed by atoms with E-state index in [2.05, 4.69) is 5.32 Å². The van der Waals surface area contributed by atoms with Crippen LogP contribution in [0.25, 0.3) is 0 Å². The molecule has 3 rings (SSSR count). The average molecular weight is 357 g/mol. The maximum absolute atomic E-state index is 12.3. The van der Waals surface area contributed by atoms with Gasteiger partial charge in [0, 0.05) is 13.1 Å². The largest absolute Gasteiger partial charge is 0.482 e. The number of furan rings is 1. The van der Waals surface area contributed by atoms with E-state index in [1.165, 1.54) is 0 Å². The molecule has 26 heavy (non-hydrogen) atoms. The summed E-state index contributed by atoms with van der Waals surface area (Å²) in [5, 5.41) is 2.80. The molecule has 0 unspecified atom stereocenters. The highest BCUT2D eigenvalue weighted by atomic mass is 16.5. The Hall–Kier alpha value is -2.80. The molecule has 1 aliphatic heterocycles. The zero-order valence-electron chi connectivity index (χ0n) is 15.2. The minimum Gasteiger partial charge on any atom is -0.482 e. The van der Waals surface area contributed by atoms with Crippen molar-refractivity contribution in [1.29, 1.82) is 0 Å². The second-order valence-corrected chi connectivity index (χ2v) is 6.56. The summed E-state index contributed by atoms with van der Waals surface area (Å²) in [6, 6.07) is 9.05. The van der Waals surface area contributed by atoms with Crippen LogP contribution >= 0.6 is 0 Å². The van der Waals surface area contributed by atoms with Crippen molar-refractivity contribution in [3.8, 4) is 5.75 Å². The lowest BCUT2D eigenvalue weighted by Crippen LogP contribution is -2.38. The normalized spacial score (nSPS) is 13.5. The fourth-order valence-corrected chi connectivity index (χ4v) is 2.71. The van der Waals surface area contributed by atoms with Gasteiger partial charge in [0.15, 0.2) is 12.4 Å². The third-order valence-corrected chi connectivity index (χ3v) is 4.10. The smallest absolute Gasteiger partial charge is 0.287 e. The zero-order chi connectivity index (χ0) is 18.7. The highest BCUT2D eigenvalue weighted by Gasteiger charge is 2.26. The molecule has 0 aliphatic carbocycles. The second kappa shape index (κ2) is 7.61.